The van der Waals surface area contributed by atoms with Crippen LogP contribution < -0.4 is 0 Å². The maximum absolute atomic E-state index is 9.26. The Labute approximate surface area is 67.2 Å². The fraction of sp³-hybridized carbons (Fsp3) is 1.00. The van der Waals surface area contributed by atoms with E-state index in [0.717, 1.165) is 12.3 Å². The van der Waals surface area contributed by atoms with E-state index in [2.05, 4.69) is 0 Å². The molecule has 11 heavy (non-hydrogen) atoms. The number of fused-ring (bicyclic) bond motifs is 1. The Morgan fingerprint density at radius 2 is 2.36 bits per heavy atom. The molecule has 0 heterocycles. The van der Waals surface area contributed by atoms with Crippen LogP contribution in [-0.2, 0) is 0 Å². The molecule has 0 bridgehead atoms. The van der Waals surface area contributed by atoms with E-state index in [1.165, 1.54) is 25.7 Å². The monoisotopic (exact) mass is 156 g/mol. The number of hydrogen-bond acceptors (Lipinski definition) is 2. The van der Waals surface area contributed by atoms with Crippen LogP contribution in [0.15, 0.2) is 0 Å². The van der Waals surface area contributed by atoms with Crippen LogP contribution in [0.2, 0.25) is 0 Å². The van der Waals surface area contributed by atoms with Crippen LogP contribution >= 0.6 is 0 Å². The number of hydrogen-bond donors (Lipinski definition) is 2. The van der Waals surface area contributed by atoms with Crippen molar-refractivity contribution < 1.29 is 10.2 Å². The minimum absolute atomic E-state index is 0.0610. The second kappa shape index (κ2) is 2.46. The highest BCUT2D eigenvalue weighted by molar-refractivity contribution is 5.06. The minimum Gasteiger partial charge on any atom is -0.394 e. The van der Waals surface area contributed by atoms with Crippen LogP contribution in [0.3, 0.4) is 0 Å². The van der Waals surface area contributed by atoms with Crippen molar-refractivity contribution in [3.8, 4) is 0 Å². The third kappa shape index (κ3) is 1.18. The zero-order valence-electron chi connectivity index (χ0n) is 6.79. The topological polar surface area (TPSA) is 40.5 Å². The molecule has 0 aromatic rings. The molecular weight excluding hydrogens is 140 g/mol. The average Bonchev–Trinajstić information content (AvgIpc) is 2.53. The highest BCUT2D eigenvalue weighted by Crippen LogP contribution is 2.65. The molecule has 0 radical (unpaired) electrons. The van der Waals surface area contributed by atoms with Gasteiger partial charge in [0, 0.05) is 0 Å². The van der Waals surface area contributed by atoms with Crippen molar-refractivity contribution in [3.63, 3.8) is 0 Å². The molecule has 2 aliphatic carbocycles. The van der Waals surface area contributed by atoms with Gasteiger partial charge in [-0.25, -0.2) is 0 Å². The summed E-state index contributed by atoms with van der Waals surface area (Å²) >= 11 is 0. The van der Waals surface area contributed by atoms with Crippen LogP contribution in [0.1, 0.15) is 32.1 Å². The summed E-state index contributed by atoms with van der Waals surface area (Å²) in [6.45, 7) is -0.0610. The Hall–Kier alpha value is -0.0800. The van der Waals surface area contributed by atoms with Crippen molar-refractivity contribution >= 4 is 0 Å². The molecule has 0 spiro atoms. The Bertz CT molecular complexity index is 158. The van der Waals surface area contributed by atoms with Gasteiger partial charge in [0.15, 0.2) is 0 Å². The summed E-state index contributed by atoms with van der Waals surface area (Å²) in [6, 6.07) is 0. The summed E-state index contributed by atoms with van der Waals surface area (Å²) in [5, 5.41) is 17.9. The van der Waals surface area contributed by atoms with E-state index >= 15 is 0 Å². The van der Waals surface area contributed by atoms with Crippen molar-refractivity contribution in [2.45, 2.75) is 38.2 Å². The molecule has 2 fully saturated rings. The van der Waals surface area contributed by atoms with Gasteiger partial charge < -0.3 is 10.2 Å². The summed E-state index contributed by atoms with van der Waals surface area (Å²) in [7, 11) is 0. The van der Waals surface area contributed by atoms with Crippen molar-refractivity contribution in [1.82, 2.24) is 0 Å². The second-order valence-electron chi connectivity index (χ2n) is 4.20. The summed E-state index contributed by atoms with van der Waals surface area (Å²) in [4.78, 5) is 0. The van der Waals surface area contributed by atoms with Crippen LogP contribution in [0, 0.1) is 11.3 Å². The molecular formula is C9H16O2. The number of aliphatic hydroxyl groups excluding tert-OH is 2. The van der Waals surface area contributed by atoms with Gasteiger partial charge in [0.05, 0.1) is 12.7 Å². The van der Waals surface area contributed by atoms with E-state index in [9.17, 15) is 5.11 Å². The molecule has 0 aromatic carbocycles. The van der Waals surface area contributed by atoms with Gasteiger partial charge in [-0.3, -0.25) is 0 Å². The first-order valence-electron chi connectivity index (χ1n) is 4.56. The van der Waals surface area contributed by atoms with Crippen LogP contribution in [0.5, 0.6) is 0 Å². The zero-order valence-corrected chi connectivity index (χ0v) is 6.79. The second-order valence-corrected chi connectivity index (χ2v) is 4.20. The van der Waals surface area contributed by atoms with Crippen LogP contribution in [0.25, 0.3) is 0 Å². The molecule has 0 amide bonds. The quantitative estimate of drug-likeness (QED) is 0.638. The van der Waals surface area contributed by atoms with E-state index in [1.807, 2.05) is 0 Å². The predicted molar refractivity (Wildman–Crippen MR) is 42.1 cm³/mol. The van der Waals surface area contributed by atoms with E-state index in [1.54, 1.807) is 0 Å². The van der Waals surface area contributed by atoms with Crippen molar-refractivity contribution in [1.29, 1.82) is 0 Å². The molecule has 2 N–H and O–H groups in total. The van der Waals surface area contributed by atoms with Gasteiger partial charge >= 0.3 is 0 Å². The lowest BCUT2D eigenvalue weighted by Crippen LogP contribution is -2.17. The first-order valence-corrected chi connectivity index (χ1v) is 4.56. The molecule has 2 rings (SSSR count). The maximum atomic E-state index is 9.26. The highest BCUT2D eigenvalue weighted by Gasteiger charge is 2.56. The first-order chi connectivity index (χ1) is 5.27. The van der Waals surface area contributed by atoms with Crippen molar-refractivity contribution in [2.75, 3.05) is 6.61 Å². The van der Waals surface area contributed by atoms with Crippen LogP contribution in [0.4, 0.5) is 0 Å². The molecule has 0 aromatic heterocycles. The Kier molecular flexibility index (Phi) is 1.69. The average molecular weight is 156 g/mol. The standard InChI is InChI=1S/C9H16O2/c10-6-8(11)5-9-3-1-2-7(9)4-9/h7-8,10-11H,1-6H2. The van der Waals surface area contributed by atoms with Gasteiger partial charge in [-0.1, -0.05) is 6.42 Å². The van der Waals surface area contributed by atoms with E-state index in [-0.39, 0.29) is 6.61 Å². The fourth-order valence-corrected chi connectivity index (χ4v) is 2.73. The molecule has 2 heteroatoms. The van der Waals surface area contributed by atoms with E-state index in [4.69, 9.17) is 5.11 Å². The SMILES string of the molecule is OCC(O)CC12CCCC1C2. The highest BCUT2D eigenvalue weighted by atomic mass is 16.3. The van der Waals surface area contributed by atoms with Crippen molar-refractivity contribution in [3.05, 3.63) is 0 Å². The summed E-state index contributed by atoms with van der Waals surface area (Å²) in [5.41, 5.74) is 0.474. The largest absolute Gasteiger partial charge is 0.394 e. The van der Waals surface area contributed by atoms with Gasteiger partial charge in [0.1, 0.15) is 0 Å². The van der Waals surface area contributed by atoms with Gasteiger partial charge in [0.25, 0.3) is 0 Å². The lowest BCUT2D eigenvalue weighted by atomic mass is 9.96. The lowest BCUT2D eigenvalue weighted by Gasteiger charge is -2.14. The molecule has 64 valence electrons. The minimum atomic E-state index is -0.460. The first kappa shape index (κ1) is 7.56. The molecule has 2 aliphatic rings. The van der Waals surface area contributed by atoms with Crippen LogP contribution in [-0.4, -0.2) is 22.9 Å². The van der Waals surface area contributed by atoms with Gasteiger partial charge in [0.2, 0.25) is 0 Å². The van der Waals surface area contributed by atoms with Crippen molar-refractivity contribution in [2.24, 2.45) is 11.3 Å². The molecule has 2 nitrogen and oxygen atoms in total. The Morgan fingerprint density at radius 3 is 2.82 bits per heavy atom. The summed E-state index contributed by atoms with van der Waals surface area (Å²) in [6.07, 6.45) is 5.67. The lowest BCUT2D eigenvalue weighted by molar-refractivity contribution is 0.0687. The maximum Gasteiger partial charge on any atom is 0.0776 e. The van der Waals surface area contributed by atoms with Gasteiger partial charge in [-0.05, 0) is 37.0 Å². The Morgan fingerprint density at radius 1 is 1.55 bits per heavy atom. The Balaban J connectivity index is 1.87. The molecule has 0 aliphatic heterocycles. The fourth-order valence-electron chi connectivity index (χ4n) is 2.73. The van der Waals surface area contributed by atoms with Gasteiger partial charge in [-0.15, -0.1) is 0 Å². The number of aliphatic hydroxyl groups is 2. The predicted octanol–water partition coefficient (Wildman–Crippen LogP) is 0.920. The smallest absolute Gasteiger partial charge is 0.0776 e. The number of rotatable bonds is 3. The third-order valence-electron chi connectivity index (χ3n) is 3.44. The van der Waals surface area contributed by atoms with E-state index in [0.29, 0.717) is 5.41 Å². The molecule has 3 unspecified atom stereocenters. The zero-order chi connectivity index (χ0) is 7.90. The third-order valence-corrected chi connectivity index (χ3v) is 3.44. The molecule has 2 saturated carbocycles. The summed E-state index contributed by atoms with van der Waals surface area (Å²) < 4.78 is 0. The molecule has 0 saturated heterocycles. The van der Waals surface area contributed by atoms with E-state index < -0.39 is 6.10 Å². The normalized spacial score (nSPS) is 43.6. The van der Waals surface area contributed by atoms with Gasteiger partial charge in [-0.2, -0.15) is 0 Å². The molecule has 3 atom stereocenters. The summed E-state index contributed by atoms with van der Waals surface area (Å²) in [5.74, 6) is 0.892.